The number of thiophene rings is 1. The number of halogens is 1. The molecule has 7 nitrogen and oxygen atoms in total. The molecule has 10 heteroatoms. The third-order valence-electron chi connectivity index (χ3n) is 5.99. The number of nitrogens with zero attached hydrogens (tertiary/aromatic N) is 2. The van der Waals surface area contributed by atoms with Gasteiger partial charge in [0.2, 0.25) is 21.8 Å². The first kappa shape index (κ1) is 23.4. The summed E-state index contributed by atoms with van der Waals surface area (Å²) < 4.78 is 29.5. The number of rotatable bonds is 6. The number of anilines is 1. The molecule has 1 fully saturated rings. The summed E-state index contributed by atoms with van der Waals surface area (Å²) in [7, 11) is -3.88. The van der Waals surface area contributed by atoms with Crippen molar-refractivity contribution in [3.63, 3.8) is 0 Å². The molecule has 4 rings (SSSR count). The number of carbonyl (C=O) groups excluding carboxylic acids is 2. The van der Waals surface area contributed by atoms with Crippen molar-refractivity contribution >= 4 is 54.8 Å². The second-order valence-electron chi connectivity index (χ2n) is 8.06. The molecule has 1 aromatic carbocycles. The first-order chi connectivity index (χ1) is 15.3. The smallest absolute Gasteiger partial charge is 0.245 e. The monoisotopic (exact) mass is 539 g/mol. The zero-order valence-corrected chi connectivity index (χ0v) is 21.1. The highest BCUT2D eigenvalue weighted by molar-refractivity contribution is 9.10. The summed E-state index contributed by atoms with van der Waals surface area (Å²) in [5, 5.41) is 4.89. The van der Waals surface area contributed by atoms with E-state index in [1.165, 1.54) is 4.31 Å². The fraction of sp³-hybridized carbons (Fsp3) is 0.455. The number of fused-ring (bicyclic) bond motifs is 1. The van der Waals surface area contributed by atoms with Crippen molar-refractivity contribution in [1.29, 1.82) is 0 Å². The van der Waals surface area contributed by atoms with Gasteiger partial charge in [-0.2, -0.15) is 4.31 Å². The van der Waals surface area contributed by atoms with E-state index >= 15 is 0 Å². The van der Waals surface area contributed by atoms with Gasteiger partial charge in [-0.05, 0) is 48.4 Å². The minimum Gasteiger partial charge on any atom is -0.351 e. The minimum absolute atomic E-state index is 0.0907. The lowest BCUT2D eigenvalue weighted by molar-refractivity contribution is -0.126. The molecule has 2 aliphatic rings. The van der Waals surface area contributed by atoms with Crippen LogP contribution in [0.5, 0.6) is 0 Å². The van der Waals surface area contributed by atoms with Crippen molar-refractivity contribution in [2.45, 2.75) is 44.0 Å². The molecule has 1 saturated heterocycles. The first-order valence-electron chi connectivity index (χ1n) is 10.7. The summed E-state index contributed by atoms with van der Waals surface area (Å²) in [6.45, 7) is 3.21. The number of sulfonamides is 1. The largest absolute Gasteiger partial charge is 0.351 e. The molecule has 3 heterocycles. The summed E-state index contributed by atoms with van der Waals surface area (Å²) in [5.41, 5.74) is 1.34. The molecule has 0 aliphatic carbocycles. The van der Waals surface area contributed by atoms with Crippen molar-refractivity contribution in [3.8, 4) is 0 Å². The highest BCUT2D eigenvalue weighted by atomic mass is 79.9. The third-order valence-corrected chi connectivity index (χ3v) is 9.20. The van der Waals surface area contributed by atoms with E-state index in [2.05, 4.69) is 21.2 Å². The second-order valence-corrected chi connectivity index (χ2v) is 11.9. The maximum Gasteiger partial charge on any atom is 0.245 e. The van der Waals surface area contributed by atoms with Crippen LogP contribution in [0.2, 0.25) is 0 Å². The van der Waals surface area contributed by atoms with Gasteiger partial charge in [-0.15, -0.1) is 11.3 Å². The maximum absolute atomic E-state index is 13.7. The lowest BCUT2D eigenvalue weighted by Gasteiger charge is -2.32. The van der Waals surface area contributed by atoms with E-state index < -0.39 is 15.9 Å². The van der Waals surface area contributed by atoms with Gasteiger partial charge < -0.3 is 10.2 Å². The highest BCUT2D eigenvalue weighted by Crippen LogP contribution is 2.39. The summed E-state index contributed by atoms with van der Waals surface area (Å²) in [5.74, 6) is -0.611. The Kier molecular flexibility index (Phi) is 7.04. The van der Waals surface area contributed by atoms with Crippen LogP contribution in [-0.4, -0.2) is 44.2 Å². The topological polar surface area (TPSA) is 86.8 Å². The van der Waals surface area contributed by atoms with Crippen molar-refractivity contribution < 1.29 is 18.0 Å². The highest BCUT2D eigenvalue weighted by Gasteiger charge is 2.38. The normalized spacial score (nSPS) is 19.1. The van der Waals surface area contributed by atoms with Crippen molar-refractivity contribution in [2.24, 2.45) is 5.92 Å². The quantitative estimate of drug-likeness (QED) is 0.608. The molecule has 2 amide bonds. The van der Waals surface area contributed by atoms with Gasteiger partial charge in [0.1, 0.15) is 4.90 Å². The predicted octanol–water partition coefficient (Wildman–Crippen LogP) is 3.53. The number of benzene rings is 1. The fourth-order valence-corrected chi connectivity index (χ4v) is 7.44. The molecule has 0 unspecified atom stereocenters. The molecule has 172 valence electrons. The Bertz CT molecular complexity index is 1120. The van der Waals surface area contributed by atoms with Crippen LogP contribution in [0.3, 0.4) is 0 Å². The minimum atomic E-state index is -3.88. The summed E-state index contributed by atoms with van der Waals surface area (Å²) >= 11 is 5.00. The molecule has 1 N–H and O–H groups in total. The van der Waals surface area contributed by atoms with Crippen molar-refractivity contribution in [3.05, 3.63) is 44.6 Å². The van der Waals surface area contributed by atoms with E-state index in [0.29, 0.717) is 55.5 Å². The zero-order chi connectivity index (χ0) is 22.9. The van der Waals surface area contributed by atoms with Crippen LogP contribution in [0, 0.1) is 5.92 Å². The molecule has 1 aromatic heterocycles. The Hall–Kier alpha value is -1.75. The van der Waals surface area contributed by atoms with Crippen LogP contribution < -0.4 is 10.2 Å². The maximum atomic E-state index is 13.7. The van der Waals surface area contributed by atoms with Crippen LogP contribution in [0.4, 0.5) is 5.69 Å². The second kappa shape index (κ2) is 9.62. The summed E-state index contributed by atoms with van der Waals surface area (Å²) in [6, 6.07) is 7.36. The molecule has 0 spiro atoms. The average Bonchev–Trinajstić information content (AvgIpc) is 3.46. The summed E-state index contributed by atoms with van der Waals surface area (Å²) in [4.78, 5) is 28.0. The molecule has 2 aliphatic heterocycles. The molecule has 32 heavy (non-hydrogen) atoms. The van der Waals surface area contributed by atoms with Crippen LogP contribution in [0.1, 0.15) is 36.6 Å². The van der Waals surface area contributed by atoms with Gasteiger partial charge in [0, 0.05) is 35.4 Å². The van der Waals surface area contributed by atoms with E-state index in [0.717, 1.165) is 10.4 Å². The van der Waals surface area contributed by atoms with Crippen LogP contribution >= 0.6 is 27.3 Å². The average molecular weight is 541 g/mol. The van der Waals surface area contributed by atoms with Crippen molar-refractivity contribution in [2.75, 3.05) is 24.5 Å². The first-order valence-corrected chi connectivity index (χ1v) is 13.9. The van der Waals surface area contributed by atoms with Gasteiger partial charge in [0.05, 0.1) is 18.2 Å². The predicted molar refractivity (Wildman–Crippen MR) is 128 cm³/mol. The van der Waals surface area contributed by atoms with Gasteiger partial charge in [0.15, 0.2) is 0 Å². The number of hydrogen-bond acceptors (Lipinski definition) is 5. The third kappa shape index (κ3) is 4.64. The standard InChI is InChI=1S/C22H26BrN3O4S2/c1-2-20(27)26-9-7-15-11-17(23)12-19(21(15)26)32(29,30)25-8-3-5-16(14-25)22(28)24-13-18-6-4-10-31-18/h4,6,10-12,16H,2-3,5,7-9,13-14H2,1H3,(H,24,28)/t16-/m0/s1. The fourth-order valence-electron chi connectivity index (χ4n) is 4.35. The van der Waals surface area contributed by atoms with Crippen molar-refractivity contribution in [1.82, 2.24) is 9.62 Å². The number of piperidine rings is 1. The van der Waals surface area contributed by atoms with Gasteiger partial charge >= 0.3 is 0 Å². The molecular formula is C22H26BrN3O4S2. The van der Waals surface area contributed by atoms with E-state index in [1.54, 1.807) is 29.2 Å². The van der Waals surface area contributed by atoms with E-state index in [9.17, 15) is 18.0 Å². The Morgan fingerprint density at radius 3 is 2.81 bits per heavy atom. The number of nitrogens with one attached hydrogen (secondary N) is 1. The molecule has 1 atom stereocenters. The lowest BCUT2D eigenvalue weighted by atomic mass is 9.99. The zero-order valence-electron chi connectivity index (χ0n) is 17.8. The van der Waals surface area contributed by atoms with Crippen LogP contribution in [-0.2, 0) is 32.6 Å². The van der Waals surface area contributed by atoms with Gasteiger partial charge in [-0.25, -0.2) is 8.42 Å². The van der Waals surface area contributed by atoms with Gasteiger partial charge in [-0.3, -0.25) is 9.59 Å². The van der Waals surface area contributed by atoms with Crippen LogP contribution in [0.15, 0.2) is 39.0 Å². The number of hydrogen-bond donors (Lipinski definition) is 1. The molecule has 0 bridgehead atoms. The van der Waals surface area contributed by atoms with E-state index in [-0.39, 0.29) is 23.3 Å². The van der Waals surface area contributed by atoms with Gasteiger partial charge in [0.25, 0.3) is 0 Å². The Balaban J connectivity index is 1.57. The molecular weight excluding hydrogens is 514 g/mol. The van der Waals surface area contributed by atoms with Crippen LogP contribution in [0.25, 0.3) is 0 Å². The Morgan fingerprint density at radius 2 is 2.09 bits per heavy atom. The molecule has 2 aromatic rings. The lowest BCUT2D eigenvalue weighted by Crippen LogP contribution is -2.45. The van der Waals surface area contributed by atoms with Gasteiger partial charge in [-0.1, -0.05) is 28.9 Å². The SMILES string of the molecule is CCC(=O)N1CCc2cc(Br)cc(S(=O)(=O)N3CCC[C@H](C(=O)NCc4cccs4)C3)c21. The Labute approximate surface area is 201 Å². The molecule has 0 saturated carbocycles. The number of amides is 2. The van der Waals surface area contributed by atoms with E-state index in [1.807, 2.05) is 23.6 Å². The number of carbonyl (C=O) groups is 2. The summed E-state index contributed by atoms with van der Waals surface area (Å²) in [6.07, 6.45) is 2.20. The Morgan fingerprint density at radius 1 is 1.28 bits per heavy atom. The molecule has 0 radical (unpaired) electrons. The van der Waals surface area contributed by atoms with E-state index in [4.69, 9.17) is 0 Å².